The lowest BCUT2D eigenvalue weighted by atomic mass is 10.1. The maximum absolute atomic E-state index is 12.2. The van der Waals surface area contributed by atoms with Gasteiger partial charge in [0, 0.05) is 12.1 Å². The third kappa shape index (κ3) is 12.3. The summed E-state index contributed by atoms with van der Waals surface area (Å²) in [5, 5.41) is 14.8. The third-order valence-corrected chi connectivity index (χ3v) is 5.17. The van der Waals surface area contributed by atoms with Crippen molar-refractivity contribution in [1.82, 2.24) is 10.6 Å². The highest BCUT2D eigenvalue weighted by molar-refractivity contribution is 5.97. The Hall–Kier alpha value is -1.88. The van der Waals surface area contributed by atoms with E-state index in [1.54, 1.807) is 24.3 Å². The molecule has 2 amide bonds. The van der Waals surface area contributed by atoms with Gasteiger partial charge in [0.25, 0.3) is 5.91 Å². The van der Waals surface area contributed by atoms with E-state index in [2.05, 4.69) is 17.6 Å². The molecule has 0 saturated heterocycles. The number of aliphatic hydroxyl groups excluding tert-OH is 1. The lowest BCUT2D eigenvalue weighted by molar-refractivity contribution is -0.123. The van der Waals surface area contributed by atoms with Crippen molar-refractivity contribution in [2.24, 2.45) is 0 Å². The predicted octanol–water partition coefficient (Wildman–Crippen LogP) is 4.59. The second-order valence-electron chi connectivity index (χ2n) is 7.75. The number of carbonyl (C=O) groups excluding carboxylic acids is 2. The van der Waals surface area contributed by atoms with Crippen LogP contribution in [0.1, 0.15) is 94.3 Å². The molecule has 0 heterocycles. The van der Waals surface area contributed by atoms with Gasteiger partial charge in [0.2, 0.25) is 5.91 Å². The lowest BCUT2D eigenvalue weighted by Gasteiger charge is -2.16. The second-order valence-corrected chi connectivity index (χ2v) is 7.75. The molecule has 1 unspecified atom stereocenters. The van der Waals surface area contributed by atoms with Crippen molar-refractivity contribution in [3.63, 3.8) is 0 Å². The summed E-state index contributed by atoms with van der Waals surface area (Å²) in [5.41, 5.74) is 0.472. The number of rotatable bonds is 17. The number of hydrogen-bond acceptors (Lipinski definition) is 3. The quantitative estimate of drug-likeness (QED) is 0.332. The highest BCUT2D eigenvalue weighted by atomic mass is 16.3. The maximum Gasteiger partial charge on any atom is 0.251 e. The Morgan fingerprint density at radius 1 is 0.828 bits per heavy atom. The molecule has 5 heteroatoms. The van der Waals surface area contributed by atoms with Crippen LogP contribution >= 0.6 is 0 Å². The topological polar surface area (TPSA) is 78.4 Å². The summed E-state index contributed by atoms with van der Waals surface area (Å²) in [7, 11) is 0. The first-order chi connectivity index (χ1) is 14.2. The number of amides is 2. The molecule has 29 heavy (non-hydrogen) atoms. The maximum atomic E-state index is 12.2. The van der Waals surface area contributed by atoms with Crippen molar-refractivity contribution < 1.29 is 14.7 Å². The van der Waals surface area contributed by atoms with Crippen LogP contribution in [-0.2, 0) is 4.79 Å². The van der Waals surface area contributed by atoms with E-state index in [0.29, 0.717) is 12.1 Å². The summed E-state index contributed by atoms with van der Waals surface area (Å²) in [4.78, 5) is 24.3. The second kappa shape index (κ2) is 17.0. The summed E-state index contributed by atoms with van der Waals surface area (Å²) >= 11 is 0. The molecule has 0 aromatic heterocycles. The molecule has 1 aromatic rings. The van der Waals surface area contributed by atoms with Crippen molar-refractivity contribution in [3.05, 3.63) is 35.9 Å². The molecule has 1 aromatic carbocycles. The fraction of sp³-hybridized carbons (Fsp3) is 0.667. The largest absolute Gasteiger partial charge is 0.394 e. The minimum Gasteiger partial charge on any atom is -0.394 e. The van der Waals surface area contributed by atoms with Gasteiger partial charge in [-0.15, -0.1) is 0 Å². The van der Waals surface area contributed by atoms with E-state index in [1.165, 1.54) is 64.2 Å². The first-order valence-electron chi connectivity index (χ1n) is 11.4. The smallest absolute Gasteiger partial charge is 0.251 e. The Bertz CT molecular complexity index is 548. The molecule has 0 fully saturated rings. The molecule has 1 rings (SSSR count). The molecule has 0 aliphatic heterocycles. The zero-order valence-electron chi connectivity index (χ0n) is 18.1. The highest BCUT2D eigenvalue weighted by Gasteiger charge is 2.19. The van der Waals surface area contributed by atoms with E-state index in [9.17, 15) is 14.7 Å². The highest BCUT2D eigenvalue weighted by Crippen LogP contribution is 2.11. The number of benzene rings is 1. The van der Waals surface area contributed by atoms with Gasteiger partial charge in [-0.05, 0) is 18.6 Å². The molecule has 164 valence electrons. The van der Waals surface area contributed by atoms with Gasteiger partial charge in [-0.25, -0.2) is 0 Å². The van der Waals surface area contributed by atoms with Crippen LogP contribution in [0.5, 0.6) is 0 Å². The molecule has 1 atom stereocenters. The Labute approximate surface area is 176 Å². The SMILES string of the molecule is CCCCCCCCCCCCCCNC(=O)C(CO)NC(=O)c1ccccc1. The normalized spacial score (nSPS) is 11.8. The molecular weight excluding hydrogens is 364 g/mol. The van der Waals surface area contributed by atoms with E-state index in [0.717, 1.165) is 12.8 Å². The summed E-state index contributed by atoms with van der Waals surface area (Å²) in [6, 6.07) is 7.77. The summed E-state index contributed by atoms with van der Waals surface area (Å²) < 4.78 is 0. The summed E-state index contributed by atoms with van der Waals surface area (Å²) in [6.45, 7) is 2.41. The van der Waals surface area contributed by atoms with Crippen LogP contribution in [0.2, 0.25) is 0 Å². The predicted molar refractivity (Wildman–Crippen MR) is 119 cm³/mol. The van der Waals surface area contributed by atoms with E-state index >= 15 is 0 Å². The average molecular weight is 405 g/mol. The van der Waals surface area contributed by atoms with Crippen LogP contribution in [0.3, 0.4) is 0 Å². The van der Waals surface area contributed by atoms with E-state index in [-0.39, 0.29) is 11.8 Å². The van der Waals surface area contributed by atoms with Crippen LogP contribution in [0.25, 0.3) is 0 Å². The lowest BCUT2D eigenvalue weighted by Crippen LogP contribution is -2.49. The molecule has 0 saturated carbocycles. The molecule has 0 radical (unpaired) electrons. The Balaban J connectivity index is 2.02. The van der Waals surface area contributed by atoms with Gasteiger partial charge in [0.15, 0.2) is 0 Å². The minimum atomic E-state index is -0.917. The van der Waals surface area contributed by atoms with Gasteiger partial charge in [0.05, 0.1) is 6.61 Å². The number of carbonyl (C=O) groups is 2. The first kappa shape index (κ1) is 25.2. The van der Waals surface area contributed by atoms with Crippen molar-refractivity contribution >= 4 is 11.8 Å². The third-order valence-electron chi connectivity index (χ3n) is 5.17. The first-order valence-corrected chi connectivity index (χ1v) is 11.4. The zero-order valence-corrected chi connectivity index (χ0v) is 18.1. The number of unbranched alkanes of at least 4 members (excludes halogenated alkanes) is 11. The van der Waals surface area contributed by atoms with Gasteiger partial charge in [0.1, 0.15) is 6.04 Å². The zero-order chi connectivity index (χ0) is 21.2. The molecule has 0 spiro atoms. The van der Waals surface area contributed by atoms with Gasteiger partial charge in [-0.3, -0.25) is 9.59 Å². The van der Waals surface area contributed by atoms with Gasteiger partial charge in [-0.1, -0.05) is 95.8 Å². The average Bonchev–Trinajstić information content (AvgIpc) is 2.75. The Kier molecular flexibility index (Phi) is 14.8. The molecule has 0 bridgehead atoms. The van der Waals surface area contributed by atoms with Crippen molar-refractivity contribution in [1.29, 1.82) is 0 Å². The van der Waals surface area contributed by atoms with Crippen LogP contribution in [0, 0.1) is 0 Å². The van der Waals surface area contributed by atoms with Gasteiger partial charge in [-0.2, -0.15) is 0 Å². The molecule has 3 N–H and O–H groups in total. The van der Waals surface area contributed by atoms with E-state index < -0.39 is 12.6 Å². The minimum absolute atomic E-state index is 0.333. The number of nitrogens with one attached hydrogen (secondary N) is 2. The molecule has 0 aliphatic rings. The van der Waals surface area contributed by atoms with Crippen LogP contribution < -0.4 is 10.6 Å². The van der Waals surface area contributed by atoms with Crippen LogP contribution in [-0.4, -0.2) is 36.1 Å². The Morgan fingerprint density at radius 2 is 1.34 bits per heavy atom. The van der Waals surface area contributed by atoms with Gasteiger partial charge >= 0.3 is 0 Å². The fourth-order valence-corrected chi connectivity index (χ4v) is 3.33. The molecular formula is C24H40N2O3. The number of aliphatic hydroxyl groups is 1. The van der Waals surface area contributed by atoms with Crippen LogP contribution in [0.15, 0.2) is 30.3 Å². The summed E-state index contributed by atoms with van der Waals surface area (Å²) in [5.74, 6) is -0.690. The monoisotopic (exact) mass is 404 g/mol. The molecule has 0 aliphatic carbocycles. The van der Waals surface area contributed by atoms with E-state index in [1.807, 2.05) is 6.07 Å². The molecule has 5 nitrogen and oxygen atoms in total. The van der Waals surface area contributed by atoms with Crippen molar-refractivity contribution in [2.45, 2.75) is 90.0 Å². The number of hydrogen-bond donors (Lipinski definition) is 3. The van der Waals surface area contributed by atoms with Gasteiger partial charge < -0.3 is 15.7 Å². The standard InChI is InChI=1S/C24H40N2O3/c1-2-3-4-5-6-7-8-9-10-11-12-16-19-25-24(29)22(20-27)26-23(28)21-17-14-13-15-18-21/h13-15,17-18,22,27H,2-12,16,19-20H2,1H3,(H,25,29)(H,26,28). The van der Waals surface area contributed by atoms with Crippen molar-refractivity contribution in [2.75, 3.05) is 13.2 Å². The van der Waals surface area contributed by atoms with Crippen molar-refractivity contribution in [3.8, 4) is 0 Å². The van der Waals surface area contributed by atoms with Crippen LogP contribution in [0.4, 0.5) is 0 Å². The Morgan fingerprint density at radius 3 is 1.86 bits per heavy atom. The fourth-order valence-electron chi connectivity index (χ4n) is 3.33. The summed E-state index contributed by atoms with van der Waals surface area (Å²) in [6.07, 6.45) is 15.3. The van der Waals surface area contributed by atoms with E-state index in [4.69, 9.17) is 0 Å².